The molecule has 1 aromatic heterocycles. The number of aliphatic hydroxyl groups excluding tert-OH is 2. The monoisotopic (exact) mass is 375 g/mol. The van der Waals surface area contributed by atoms with Crippen molar-refractivity contribution in [1.82, 2.24) is 14.9 Å². The molecule has 4 N–H and O–H groups in total. The zero-order valence-corrected chi connectivity index (χ0v) is 15.7. The number of hydrogen-bond acceptors (Lipinski definition) is 7. The van der Waals surface area contributed by atoms with E-state index in [0.29, 0.717) is 6.04 Å². The molecule has 2 bridgehead atoms. The average Bonchev–Trinajstić information content (AvgIpc) is 3.43. The summed E-state index contributed by atoms with van der Waals surface area (Å²) in [4.78, 5) is 9.13. The summed E-state index contributed by atoms with van der Waals surface area (Å²) in [7, 11) is 0. The number of aromatic nitrogens is 2. The molecule has 3 fully saturated rings. The van der Waals surface area contributed by atoms with E-state index < -0.39 is 18.4 Å². The van der Waals surface area contributed by atoms with E-state index in [1.165, 1.54) is 25.7 Å². The van der Waals surface area contributed by atoms with Crippen LogP contribution < -0.4 is 10.6 Å². The molecule has 4 aliphatic rings. The number of ether oxygens (including phenoxy) is 1. The van der Waals surface area contributed by atoms with E-state index >= 15 is 0 Å². The molecule has 0 radical (unpaired) electrons. The molecular formula is C19H29N5O3. The Morgan fingerprint density at radius 3 is 2.93 bits per heavy atom. The minimum absolute atomic E-state index is 0.179. The lowest BCUT2D eigenvalue weighted by atomic mass is 9.95. The van der Waals surface area contributed by atoms with E-state index in [0.717, 1.165) is 36.2 Å². The zero-order chi connectivity index (χ0) is 18.5. The predicted molar refractivity (Wildman–Crippen MR) is 100 cm³/mol. The Bertz CT molecular complexity index is 722. The van der Waals surface area contributed by atoms with Crippen LogP contribution in [0.25, 0.3) is 0 Å². The second-order valence-corrected chi connectivity index (χ2v) is 8.49. The summed E-state index contributed by atoms with van der Waals surface area (Å²) in [6.45, 7) is 2.04. The fourth-order valence-corrected chi connectivity index (χ4v) is 5.42. The van der Waals surface area contributed by atoms with Crippen LogP contribution in [0.4, 0.5) is 5.82 Å². The zero-order valence-electron chi connectivity index (χ0n) is 15.7. The van der Waals surface area contributed by atoms with E-state index in [-0.39, 0.29) is 12.3 Å². The first-order valence-electron chi connectivity index (χ1n) is 10.3. The fourth-order valence-electron chi connectivity index (χ4n) is 5.42. The Morgan fingerprint density at radius 1 is 1.30 bits per heavy atom. The third kappa shape index (κ3) is 2.90. The molecule has 3 heterocycles. The molecule has 0 aromatic carbocycles. The summed E-state index contributed by atoms with van der Waals surface area (Å²) in [6, 6.07) is 0.506. The van der Waals surface area contributed by atoms with Crippen molar-refractivity contribution in [2.45, 2.75) is 82.2 Å². The van der Waals surface area contributed by atoms with Crippen LogP contribution in [-0.2, 0) is 4.74 Å². The first kappa shape index (κ1) is 17.6. The van der Waals surface area contributed by atoms with Crippen molar-refractivity contribution in [2.24, 2.45) is 16.8 Å². The molecule has 5 rings (SSSR count). The molecule has 2 aliphatic carbocycles. The molecule has 1 aromatic rings. The van der Waals surface area contributed by atoms with Gasteiger partial charge in [-0.05, 0) is 37.5 Å². The van der Waals surface area contributed by atoms with Gasteiger partial charge in [0.2, 0.25) is 0 Å². The second kappa shape index (κ2) is 6.84. The lowest BCUT2D eigenvalue weighted by Crippen LogP contribution is -2.38. The van der Waals surface area contributed by atoms with Gasteiger partial charge in [0, 0.05) is 6.04 Å². The fraction of sp³-hybridized carbons (Fsp3) is 0.789. The summed E-state index contributed by atoms with van der Waals surface area (Å²) >= 11 is 0. The SMILES string of the molecule is CCC[C@H]1O[C@@H](n2cnc3c2NC=NC3NC2CC3CCC2C3)[C@H](O)[C@@H]1O. The summed E-state index contributed by atoms with van der Waals surface area (Å²) in [5, 5.41) is 27.6. The van der Waals surface area contributed by atoms with Crippen LogP contribution in [0.1, 0.15) is 63.5 Å². The molecule has 4 unspecified atom stereocenters. The second-order valence-electron chi connectivity index (χ2n) is 8.49. The van der Waals surface area contributed by atoms with Crippen molar-refractivity contribution in [3.63, 3.8) is 0 Å². The number of aliphatic imine (C=N–C) groups is 1. The van der Waals surface area contributed by atoms with Gasteiger partial charge < -0.3 is 20.3 Å². The maximum Gasteiger partial charge on any atom is 0.165 e. The first-order chi connectivity index (χ1) is 13.2. The van der Waals surface area contributed by atoms with E-state index in [1.807, 2.05) is 6.92 Å². The van der Waals surface area contributed by atoms with Gasteiger partial charge in [0.25, 0.3) is 0 Å². The third-order valence-electron chi connectivity index (χ3n) is 6.80. The largest absolute Gasteiger partial charge is 0.388 e. The van der Waals surface area contributed by atoms with Crippen LogP contribution in [0.3, 0.4) is 0 Å². The summed E-state index contributed by atoms with van der Waals surface area (Å²) < 4.78 is 7.76. The minimum atomic E-state index is -0.975. The Labute approximate surface area is 159 Å². The maximum atomic E-state index is 10.5. The van der Waals surface area contributed by atoms with Gasteiger partial charge in [-0.2, -0.15) is 0 Å². The number of rotatable bonds is 5. The summed E-state index contributed by atoms with van der Waals surface area (Å²) in [6.07, 6.45) is 7.20. The number of imidazole rings is 1. The van der Waals surface area contributed by atoms with Gasteiger partial charge in [-0.25, -0.2) is 9.98 Å². The van der Waals surface area contributed by atoms with Gasteiger partial charge in [-0.15, -0.1) is 0 Å². The van der Waals surface area contributed by atoms with E-state index in [2.05, 4.69) is 20.6 Å². The van der Waals surface area contributed by atoms with Crippen LogP contribution in [0.15, 0.2) is 11.3 Å². The first-order valence-corrected chi connectivity index (χ1v) is 10.3. The van der Waals surface area contributed by atoms with Crippen molar-refractivity contribution >= 4 is 12.2 Å². The molecule has 2 saturated carbocycles. The van der Waals surface area contributed by atoms with Gasteiger partial charge in [0.15, 0.2) is 6.23 Å². The third-order valence-corrected chi connectivity index (χ3v) is 6.80. The number of hydrogen-bond donors (Lipinski definition) is 4. The molecule has 8 nitrogen and oxygen atoms in total. The molecule has 0 spiro atoms. The van der Waals surface area contributed by atoms with Crippen LogP contribution >= 0.6 is 0 Å². The van der Waals surface area contributed by atoms with Crippen molar-refractivity contribution in [2.75, 3.05) is 5.32 Å². The van der Waals surface area contributed by atoms with Gasteiger partial charge >= 0.3 is 0 Å². The molecule has 8 heteroatoms. The number of fused-ring (bicyclic) bond motifs is 3. The van der Waals surface area contributed by atoms with Gasteiger partial charge in [-0.1, -0.05) is 19.8 Å². The Balaban J connectivity index is 1.35. The molecule has 1 saturated heterocycles. The normalized spacial score (nSPS) is 42.5. The summed E-state index contributed by atoms with van der Waals surface area (Å²) in [5.74, 6) is 2.41. The highest BCUT2D eigenvalue weighted by Crippen LogP contribution is 2.45. The summed E-state index contributed by atoms with van der Waals surface area (Å²) in [5.41, 5.74) is 0.824. The Morgan fingerprint density at radius 2 is 2.19 bits per heavy atom. The predicted octanol–water partition coefficient (Wildman–Crippen LogP) is 1.53. The highest BCUT2D eigenvalue weighted by Gasteiger charge is 2.45. The molecule has 8 atom stereocenters. The molecule has 27 heavy (non-hydrogen) atoms. The number of aliphatic hydroxyl groups is 2. The van der Waals surface area contributed by atoms with E-state index in [1.54, 1.807) is 17.2 Å². The standard InChI is InChI=1S/C19H29N5O3/c1-2-3-13-15(25)16(26)19(27-13)24-9-22-14-17(20-8-21-18(14)24)23-12-7-10-4-5-11(12)6-10/h8-13,15-17,19,23,25-26H,2-7H2,1H3,(H,20,21)/t10?,11?,12?,13-,15-,16-,17?,19-/m1/s1. The van der Waals surface area contributed by atoms with Crippen molar-refractivity contribution in [1.29, 1.82) is 0 Å². The van der Waals surface area contributed by atoms with Gasteiger partial charge in [0.05, 0.1) is 18.8 Å². The topological polar surface area (TPSA) is 104 Å². The van der Waals surface area contributed by atoms with Gasteiger partial charge in [-0.3, -0.25) is 9.88 Å². The van der Waals surface area contributed by atoms with Crippen molar-refractivity contribution in [3.05, 3.63) is 12.0 Å². The molecule has 148 valence electrons. The quantitative estimate of drug-likeness (QED) is 0.622. The van der Waals surface area contributed by atoms with Crippen molar-refractivity contribution in [3.8, 4) is 0 Å². The molecule has 0 amide bonds. The van der Waals surface area contributed by atoms with E-state index in [4.69, 9.17) is 4.74 Å². The van der Waals surface area contributed by atoms with Crippen LogP contribution in [-0.4, -0.2) is 50.5 Å². The van der Waals surface area contributed by atoms with Crippen molar-refractivity contribution < 1.29 is 14.9 Å². The van der Waals surface area contributed by atoms with Crippen LogP contribution in [0.5, 0.6) is 0 Å². The maximum absolute atomic E-state index is 10.5. The lowest BCUT2D eigenvalue weighted by molar-refractivity contribution is -0.0379. The number of nitrogens with one attached hydrogen (secondary N) is 2. The Kier molecular flexibility index (Phi) is 4.46. The smallest absolute Gasteiger partial charge is 0.165 e. The van der Waals surface area contributed by atoms with Crippen LogP contribution in [0.2, 0.25) is 0 Å². The van der Waals surface area contributed by atoms with Gasteiger partial charge in [0.1, 0.15) is 29.9 Å². The highest BCUT2D eigenvalue weighted by atomic mass is 16.6. The number of anilines is 1. The van der Waals surface area contributed by atoms with Crippen LogP contribution in [0, 0.1) is 11.8 Å². The molecule has 2 aliphatic heterocycles. The highest BCUT2D eigenvalue weighted by molar-refractivity contribution is 5.78. The number of nitrogens with zero attached hydrogens (tertiary/aromatic N) is 3. The minimum Gasteiger partial charge on any atom is -0.388 e. The lowest BCUT2D eigenvalue weighted by Gasteiger charge is -2.28. The Hall–Kier alpha value is -1.48. The average molecular weight is 375 g/mol. The van der Waals surface area contributed by atoms with E-state index in [9.17, 15) is 10.2 Å². The molecular weight excluding hydrogens is 346 g/mol.